The van der Waals surface area contributed by atoms with E-state index >= 15 is 0 Å². The van der Waals surface area contributed by atoms with Crippen LogP contribution in [0.15, 0.2) is 18.3 Å². The second kappa shape index (κ2) is 7.20. The summed E-state index contributed by atoms with van der Waals surface area (Å²) in [6, 6.07) is 3.79. The van der Waals surface area contributed by atoms with Gasteiger partial charge < -0.3 is 15.3 Å². The third-order valence-electron chi connectivity index (χ3n) is 4.85. The van der Waals surface area contributed by atoms with Crippen molar-refractivity contribution >= 4 is 5.91 Å². The first-order valence-corrected chi connectivity index (χ1v) is 8.34. The lowest BCUT2D eigenvalue weighted by Gasteiger charge is -2.32. The summed E-state index contributed by atoms with van der Waals surface area (Å²) < 4.78 is 0. The van der Waals surface area contributed by atoms with Crippen molar-refractivity contribution in [2.24, 2.45) is 5.92 Å². The zero-order chi connectivity index (χ0) is 15.4. The quantitative estimate of drug-likeness (QED) is 0.886. The standard InChI is InChI=1S/C17H25N3O2/c21-12-13-2-1-9-20(11-13)17(22)15-5-8-19-16(10-15)14-3-6-18-7-4-14/h5,8,10,13-14,18,21H,1-4,6-7,9,11-12H2/t13-/m0/s1. The molecule has 0 unspecified atom stereocenters. The fourth-order valence-corrected chi connectivity index (χ4v) is 3.50. The van der Waals surface area contributed by atoms with E-state index in [1.54, 1.807) is 6.20 Å². The minimum absolute atomic E-state index is 0.0794. The molecule has 5 nitrogen and oxygen atoms in total. The number of amides is 1. The molecule has 0 aromatic carbocycles. The van der Waals surface area contributed by atoms with Crippen molar-refractivity contribution in [3.63, 3.8) is 0 Å². The molecule has 2 aliphatic heterocycles. The second-order valence-corrected chi connectivity index (χ2v) is 6.44. The monoisotopic (exact) mass is 303 g/mol. The Hall–Kier alpha value is -1.46. The number of carbonyl (C=O) groups excluding carboxylic acids is 1. The molecule has 0 spiro atoms. The predicted octanol–water partition coefficient (Wildman–Crippen LogP) is 1.39. The third-order valence-corrected chi connectivity index (χ3v) is 4.85. The van der Waals surface area contributed by atoms with E-state index in [9.17, 15) is 9.90 Å². The molecule has 1 atom stereocenters. The van der Waals surface area contributed by atoms with Crippen LogP contribution in [0.2, 0.25) is 0 Å². The molecule has 0 radical (unpaired) electrons. The van der Waals surface area contributed by atoms with E-state index in [1.165, 1.54) is 0 Å². The van der Waals surface area contributed by atoms with Crippen LogP contribution in [-0.4, -0.2) is 53.7 Å². The summed E-state index contributed by atoms with van der Waals surface area (Å²) in [7, 11) is 0. The van der Waals surface area contributed by atoms with Gasteiger partial charge in [-0.15, -0.1) is 0 Å². The van der Waals surface area contributed by atoms with Gasteiger partial charge in [-0.2, -0.15) is 0 Å². The zero-order valence-electron chi connectivity index (χ0n) is 13.0. The topological polar surface area (TPSA) is 65.5 Å². The maximum atomic E-state index is 12.7. The van der Waals surface area contributed by atoms with Gasteiger partial charge in [-0.25, -0.2) is 0 Å². The van der Waals surface area contributed by atoms with Gasteiger partial charge in [0, 0.05) is 43.1 Å². The van der Waals surface area contributed by atoms with E-state index in [4.69, 9.17) is 0 Å². The van der Waals surface area contributed by atoms with E-state index in [0.717, 1.165) is 56.6 Å². The lowest BCUT2D eigenvalue weighted by Crippen LogP contribution is -2.41. The number of nitrogens with zero attached hydrogens (tertiary/aromatic N) is 2. The Morgan fingerprint density at radius 1 is 1.36 bits per heavy atom. The van der Waals surface area contributed by atoms with Crippen molar-refractivity contribution in [3.8, 4) is 0 Å². The molecule has 0 bridgehead atoms. The Morgan fingerprint density at radius 3 is 2.95 bits per heavy atom. The summed E-state index contributed by atoms with van der Waals surface area (Å²) in [4.78, 5) is 19.1. The Kier molecular flexibility index (Phi) is 5.05. The summed E-state index contributed by atoms with van der Waals surface area (Å²) >= 11 is 0. The van der Waals surface area contributed by atoms with E-state index in [2.05, 4.69) is 10.3 Å². The summed E-state index contributed by atoms with van der Waals surface area (Å²) in [5.74, 6) is 0.764. The van der Waals surface area contributed by atoms with E-state index < -0.39 is 0 Å². The number of likely N-dealkylation sites (tertiary alicyclic amines) is 1. The van der Waals surface area contributed by atoms with Gasteiger partial charge in [0.25, 0.3) is 5.91 Å². The largest absolute Gasteiger partial charge is 0.396 e. The van der Waals surface area contributed by atoms with Crippen molar-refractivity contribution in [1.82, 2.24) is 15.2 Å². The number of nitrogens with one attached hydrogen (secondary N) is 1. The van der Waals surface area contributed by atoms with Gasteiger partial charge in [-0.05, 0) is 56.8 Å². The SMILES string of the molecule is O=C(c1ccnc(C2CCNCC2)c1)N1CCC[C@H](CO)C1. The second-order valence-electron chi connectivity index (χ2n) is 6.44. The van der Waals surface area contributed by atoms with Gasteiger partial charge in [0.05, 0.1) is 0 Å². The van der Waals surface area contributed by atoms with Crippen molar-refractivity contribution in [3.05, 3.63) is 29.6 Å². The van der Waals surface area contributed by atoms with Gasteiger partial charge in [0.1, 0.15) is 0 Å². The summed E-state index contributed by atoms with van der Waals surface area (Å²) in [5.41, 5.74) is 1.78. The van der Waals surface area contributed by atoms with Crippen molar-refractivity contribution in [1.29, 1.82) is 0 Å². The normalized spacial score (nSPS) is 23.5. The minimum atomic E-state index is 0.0794. The van der Waals surface area contributed by atoms with Crippen LogP contribution in [0.4, 0.5) is 0 Å². The molecule has 22 heavy (non-hydrogen) atoms. The van der Waals surface area contributed by atoms with Crippen LogP contribution in [0.1, 0.15) is 47.7 Å². The Bertz CT molecular complexity index is 514. The maximum absolute atomic E-state index is 12.7. The average Bonchev–Trinajstić information content (AvgIpc) is 2.62. The lowest BCUT2D eigenvalue weighted by molar-refractivity contribution is 0.0620. The molecule has 120 valence electrons. The lowest BCUT2D eigenvalue weighted by atomic mass is 9.93. The summed E-state index contributed by atoms with van der Waals surface area (Å²) in [6.45, 7) is 3.67. The molecule has 1 amide bonds. The molecular weight excluding hydrogens is 278 g/mol. The van der Waals surface area contributed by atoms with Crippen LogP contribution in [0.25, 0.3) is 0 Å². The molecule has 0 saturated carbocycles. The number of piperidine rings is 2. The molecular formula is C17H25N3O2. The van der Waals surface area contributed by atoms with Gasteiger partial charge >= 0.3 is 0 Å². The highest BCUT2D eigenvalue weighted by Gasteiger charge is 2.25. The Labute approximate surface area is 131 Å². The van der Waals surface area contributed by atoms with Gasteiger partial charge in [-0.3, -0.25) is 9.78 Å². The summed E-state index contributed by atoms with van der Waals surface area (Å²) in [6.07, 6.45) is 5.92. The first-order chi connectivity index (χ1) is 10.8. The average molecular weight is 303 g/mol. The zero-order valence-corrected chi connectivity index (χ0v) is 13.0. The van der Waals surface area contributed by atoms with Gasteiger partial charge in [0.15, 0.2) is 0 Å². The number of hydrogen-bond acceptors (Lipinski definition) is 4. The van der Waals surface area contributed by atoms with Crippen molar-refractivity contribution < 1.29 is 9.90 Å². The Balaban J connectivity index is 1.72. The molecule has 5 heteroatoms. The van der Waals surface area contributed by atoms with E-state index in [1.807, 2.05) is 17.0 Å². The first kappa shape index (κ1) is 15.4. The van der Waals surface area contributed by atoms with Crippen LogP contribution < -0.4 is 5.32 Å². The number of pyridine rings is 1. The number of aliphatic hydroxyl groups is 1. The van der Waals surface area contributed by atoms with Crippen LogP contribution in [0, 0.1) is 5.92 Å². The fourth-order valence-electron chi connectivity index (χ4n) is 3.50. The molecule has 2 saturated heterocycles. The van der Waals surface area contributed by atoms with Crippen LogP contribution >= 0.6 is 0 Å². The molecule has 2 fully saturated rings. The summed E-state index contributed by atoms with van der Waals surface area (Å²) in [5, 5.41) is 12.7. The predicted molar refractivity (Wildman–Crippen MR) is 84.8 cm³/mol. The smallest absolute Gasteiger partial charge is 0.253 e. The molecule has 2 N–H and O–H groups in total. The molecule has 3 rings (SSSR count). The number of carbonyl (C=O) groups is 1. The highest BCUT2D eigenvalue weighted by molar-refractivity contribution is 5.94. The highest BCUT2D eigenvalue weighted by Crippen LogP contribution is 2.25. The van der Waals surface area contributed by atoms with Crippen LogP contribution in [-0.2, 0) is 0 Å². The molecule has 0 aliphatic carbocycles. The molecule has 1 aromatic rings. The van der Waals surface area contributed by atoms with Crippen LogP contribution in [0.3, 0.4) is 0 Å². The minimum Gasteiger partial charge on any atom is -0.396 e. The third kappa shape index (κ3) is 3.47. The fraction of sp³-hybridized carbons (Fsp3) is 0.647. The molecule has 2 aliphatic rings. The number of aliphatic hydroxyl groups excluding tert-OH is 1. The van der Waals surface area contributed by atoms with Crippen molar-refractivity contribution in [2.45, 2.75) is 31.6 Å². The first-order valence-electron chi connectivity index (χ1n) is 8.34. The van der Waals surface area contributed by atoms with E-state index in [-0.39, 0.29) is 18.4 Å². The van der Waals surface area contributed by atoms with E-state index in [0.29, 0.717) is 12.5 Å². The van der Waals surface area contributed by atoms with Crippen molar-refractivity contribution in [2.75, 3.05) is 32.8 Å². The number of aromatic nitrogens is 1. The molecule has 3 heterocycles. The highest BCUT2D eigenvalue weighted by atomic mass is 16.3. The van der Waals surface area contributed by atoms with Gasteiger partial charge in [-0.1, -0.05) is 0 Å². The van der Waals surface area contributed by atoms with Crippen LogP contribution in [0.5, 0.6) is 0 Å². The van der Waals surface area contributed by atoms with Gasteiger partial charge in [0.2, 0.25) is 0 Å². The number of rotatable bonds is 3. The Morgan fingerprint density at radius 2 is 2.18 bits per heavy atom. The molecule has 1 aromatic heterocycles. The maximum Gasteiger partial charge on any atom is 0.253 e. The number of hydrogen-bond donors (Lipinski definition) is 2.